The van der Waals surface area contributed by atoms with Crippen LogP contribution < -0.4 is 10.7 Å². The number of nitrogens with zero attached hydrogens (tertiary/aromatic N) is 1. The summed E-state index contributed by atoms with van der Waals surface area (Å²) in [5, 5.41) is 3.14. The van der Waals surface area contributed by atoms with Crippen molar-refractivity contribution in [1.29, 1.82) is 0 Å². The Morgan fingerprint density at radius 3 is 2.62 bits per heavy atom. The van der Waals surface area contributed by atoms with Crippen molar-refractivity contribution in [3.8, 4) is 0 Å². The zero-order valence-corrected chi connectivity index (χ0v) is 17.4. The maximum absolute atomic E-state index is 12.8. The minimum atomic E-state index is -0.651. The van der Waals surface area contributed by atoms with Crippen molar-refractivity contribution in [2.45, 2.75) is 46.1 Å². The highest BCUT2D eigenvalue weighted by Crippen LogP contribution is 2.16. The van der Waals surface area contributed by atoms with Crippen LogP contribution in [0.1, 0.15) is 50.0 Å². The van der Waals surface area contributed by atoms with Gasteiger partial charge in [0.2, 0.25) is 5.43 Å². The molecule has 0 aliphatic carbocycles. The molecule has 1 N–H and O–H groups in total. The average molecular weight is 400 g/mol. The van der Waals surface area contributed by atoms with E-state index in [2.05, 4.69) is 11.9 Å². The van der Waals surface area contributed by atoms with Gasteiger partial charge >= 0.3 is 12.1 Å². The van der Waals surface area contributed by atoms with Gasteiger partial charge < -0.3 is 19.4 Å². The first kappa shape index (κ1) is 22.2. The molecule has 156 valence electrons. The highest BCUT2D eigenvalue weighted by molar-refractivity contribution is 5.94. The molecule has 1 amide bonds. The molecule has 7 heteroatoms. The van der Waals surface area contributed by atoms with Crippen LogP contribution >= 0.6 is 0 Å². The van der Waals surface area contributed by atoms with Crippen LogP contribution in [0.15, 0.2) is 35.8 Å². The Labute approximate surface area is 170 Å². The maximum Gasteiger partial charge on any atom is 0.407 e. The largest absolute Gasteiger partial charge is 0.462 e. The van der Waals surface area contributed by atoms with Gasteiger partial charge in [-0.1, -0.05) is 12.6 Å². The molecule has 0 saturated carbocycles. The normalized spacial score (nSPS) is 11.2. The molecular weight excluding hydrogens is 372 g/mol. The second kappa shape index (κ2) is 9.41. The number of amides is 1. The third-order valence-electron chi connectivity index (χ3n) is 4.10. The van der Waals surface area contributed by atoms with Crippen molar-refractivity contribution in [3.63, 3.8) is 0 Å². The van der Waals surface area contributed by atoms with E-state index in [1.807, 2.05) is 32.9 Å². The fourth-order valence-corrected chi connectivity index (χ4v) is 2.86. The Morgan fingerprint density at radius 1 is 1.28 bits per heavy atom. The van der Waals surface area contributed by atoms with Gasteiger partial charge in [0.1, 0.15) is 11.2 Å². The predicted molar refractivity (Wildman–Crippen MR) is 113 cm³/mol. The van der Waals surface area contributed by atoms with Crippen molar-refractivity contribution in [2.24, 2.45) is 0 Å². The summed E-state index contributed by atoms with van der Waals surface area (Å²) < 4.78 is 11.8. The average Bonchev–Trinajstić information content (AvgIpc) is 2.64. The summed E-state index contributed by atoms with van der Waals surface area (Å²) in [5.74, 6) is -0.651. The second-order valence-corrected chi connectivity index (χ2v) is 7.57. The third kappa shape index (κ3) is 5.94. The van der Waals surface area contributed by atoms with Gasteiger partial charge in [-0.2, -0.15) is 0 Å². The molecule has 0 radical (unpaired) electrons. The Hall–Kier alpha value is -3.09. The molecule has 29 heavy (non-hydrogen) atoms. The number of nitrogens with one attached hydrogen (secondary N) is 1. The van der Waals surface area contributed by atoms with E-state index in [0.29, 0.717) is 30.3 Å². The smallest absolute Gasteiger partial charge is 0.407 e. The molecule has 0 unspecified atom stereocenters. The van der Waals surface area contributed by atoms with E-state index in [1.165, 1.54) is 12.4 Å². The Balaban J connectivity index is 2.17. The number of pyridine rings is 1. The standard InChI is InChI=1S/C22H28N2O5/c1-6-24-14-17(20(26)28-7-2)19(25)16-13-15(10-11-18(16)24)9-8-12-23-21(27)29-22(3,4)5/h6,10-11,13-14H,1,7-9,12H2,2-5H3,(H,23,27). The molecule has 0 saturated heterocycles. The fourth-order valence-electron chi connectivity index (χ4n) is 2.86. The number of ether oxygens (including phenoxy) is 2. The minimum absolute atomic E-state index is 0.0250. The monoisotopic (exact) mass is 400 g/mol. The van der Waals surface area contributed by atoms with Crippen molar-refractivity contribution >= 4 is 29.2 Å². The summed E-state index contributed by atoms with van der Waals surface area (Å²) in [5.41, 5.74) is 0.656. The van der Waals surface area contributed by atoms with Crippen molar-refractivity contribution in [2.75, 3.05) is 13.2 Å². The van der Waals surface area contributed by atoms with E-state index >= 15 is 0 Å². The number of alkyl carbamates (subject to hydrolysis) is 1. The molecule has 0 fully saturated rings. The van der Waals surface area contributed by atoms with Crippen molar-refractivity contribution < 1.29 is 19.1 Å². The molecule has 1 heterocycles. The van der Waals surface area contributed by atoms with E-state index in [0.717, 1.165) is 5.56 Å². The van der Waals surface area contributed by atoms with Gasteiger partial charge in [0.25, 0.3) is 0 Å². The number of carbonyl (C=O) groups is 2. The lowest BCUT2D eigenvalue weighted by Crippen LogP contribution is -2.33. The molecule has 1 aromatic heterocycles. The van der Waals surface area contributed by atoms with E-state index in [4.69, 9.17) is 9.47 Å². The molecule has 0 spiro atoms. The molecular formula is C22H28N2O5. The highest BCUT2D eigenvalue weighted by Gasteiger charge is 2.17. The number of esters is 1. The summed E-state index contributed by atoms with van der Waals surface area (Å²) in [6.07, 6.45) is 3.86. The number of hydrogen-bond donors (Lipinski definition) is 1. The van der Waals surface area contributed by atoms with Gasteiger partial charge in [0.15, 0.2) is 0 Å². The van der Waals surface area contributed by atoms with E-state index in [1.54, 1.807) is 17.6 Å². The molecule has 0 atom stereocenters. The lowest BCUT2D eigenvalue weighted by Gasteiger charge is -2.19. The SMILES string of the molecule is C=Cn1cc(C(=O)OCC)c(=O)c2cc(CCCNC(=O)OC(C)(C)C)ccc21. The van der Waals surface area contributed by atoms with Crippen LogP contribution in [0.5, 0.6) is 0 Å². The number of aryl methyl sites for hydroxylation is 1. The molecule has 1 aromatic carbocycles. The number of aromatic nitrogens is 1. The lowest BCUT2D eigenvalue weighted by atomic mass is 10.0. The molecule has 7 nitrogen and oxygen atoms in total. The predicted octanol–water partition coefficient (Wildman–Crippen LogP) is 3.74. The maximum atomic E-state index is 12.8. The van der Waals surface area contributed by atoms with Gasteiger partial charge in [-0.15, -0.1) is 0 Å². The van der Waals surface area contributed by atoms with Crippen LogP contribution in [-0.4, -0.2) is 35.4 Å². The number of hydrogen-bond acceptors (Lipinski definition) is 5. The van der Waals surface area contributed by atoms with Crippen LogP contribution in [0.4, 0.5) is 4.79 Å². The number of rotatable bonds is 7. The van der Waals surface area contributed by atoms with Crippen LogP contribution in [0.2, 0.25) is 0 Å². The summed E-state index contributed by atoms with van der Waals surface area (Å²) in [6, 6.07) is 5.51. The van der Waals surface area contributed by atoms with Crippen LogP contribution in [-0.2, 0) is 15.9 Å². The number of benzene rings is 1. The zero-order chi connectivity index (χ0) is 21.6. The first-order chi connectivity index (χ1) is 13.7. The first-order valence-electron chi connectivity index (χ1n) is 9.60. The quantitative estimate of drug-likeness (QED) is 0.565. The number of carbonyl (C=O) groups excluding carboxylic acids is 2. The number of fused-ring (bicyclic) bond motifs is 1. The van der Waals surface area contributed by atoms with E-state index in [-0.39, 0.29) is 17.6 Å². The summed E-state index contributed by atoms with van der Waals surface area (Å²) >= 11 is 0. The lowest BCUT2D eigenvalue weighted by molar-refractivity contribution is 0.0515. The van der Waals surface area contributed by atoms with Crippen LogP contribution in [0.25, 0.3) is 17.1 Å². The van der Waals surface area contributed by atoms with Gasteiger partial charge in [0, 0.05) is 24.3 Å². The van der Waals surface area contributed by atoms with Crippen molar-refractivity contribution in [3.05, 3.63) is 52.3 Å². The molecule has 0 aliphatic heterocycles. The third-order valence-corrected chi connectivity index (χ3v) is 4.10. The van der Waals surface area contributed by atoms with E-state index in [9.17, 15) is 14.4 Å². The second-order valence-electron chi connectivity index (χ2n) is 7.57. The fraction of sp³-hybridized carbons (Fsp3) is 0.409. The van der Waals surface area contributed by atoms with Gasteiger partial charge in [-0.05, 0) is 58.2 Å². The molecule has 0 aliphatic rings. The Kier molecular flexibility index (Phi) is 7.20. The van der Waals surface area contributed by atoms with Gasteiger partial charge in [-0.25, -0.2) is 9.59 Å². The summed E-state index contributed by atoms with van der Waals surface area (Å²) in [6.45, 7) is 11.5. The highest BCUT2D eigenvalue weighted by atomic mass is 16.6. The van der Waals surface area contributed by atoms with Crippen LogP contribution in [0, 0.1) is 0 Å². The van der Waals surface area contributed by atoms with Crippen molar-refractivity contribution in [1.82, 2.24) is 9.88 Å². The van der Waals surface area contributed by atoms with Crippen LogP contribution in [0.3, 0.4) is 0 Å². The Morgan fingerprint density at radius 2 is 2.00 bits per heavy atom. The summed E-state index contributed by atoms with van der Waals surface area (Å²) in [7, 11) is 0. The van der Waals surface area contributed by atoms with Gasteiger partial charge in [-0.3, -0.25) is 4.79 Å². The molecule has 0 bridgehead atoms. The topological polar surface area (TPSA) is 86.6 Å². The first-order valence-corrected chi connectivity index (χ1v) is 9.60. The zero-order valence-electron chi connectivity index (χ0n) is 17.4. The van der Waals surface area contributed by atoms with Gasteiger partial charge in [0.05, 0.1) is 12.1 Å². The van der Waals surface area contributed by atoms with E-state index < -0.39 is 17.7 Å². The minimum Gasteiger partial charge on any atom is -0.462 e. The Bertz CT molecular complexity index is 970. The summed E-state index contributed by atoms with van der Waals surface area (Å²) in [4.78, 5) is 36.6. The molecule has 2 aromatic rings. The molecule has 2 rings (SSSR count).